The van der Waals surface area contributed by atoms with Crippen molar-refractivity contribution in [1.82, 2.24) is 0 Å². The monoisotopic (exact) mass is 192 g/mol. The van der Waals surface area contributed by atoms with Crippen LogP contribution in [0.5, 0.6) is 0 Å². The fourth-order valence-electron chi connectivity index (χ4n) is 1.98. The second-order valence-corrected chi connectivity index (χ2v) is 3.84. The minimum atomic E-state index is 0.281. The van der Waals surface area contributed by atoms with Crippen LogP contribution in [0.2, 0.25) is 0 Å². The van der Waals surface area contributed by atoms with E-state index >= 15 is 0 Å². The Hall–Kier alpha value is -1.22. The van der Waals surface area contributed by atoms with Gasteiger partial charge in [0.2, 0.25) is 0 Å². The molecule has 1 saturated heterocycles. The summed E-state index contributed by atoms with van der Waals surface area (Å²) in [4.78, 5) is 2.25. The van der Waals surface area contributed by atoms with Crippen molar-refractivity contribution in [3.8, 4) is 0 Å². The zero-order valence-electron chi connectivity index (χ0n) is 8.19. The molecule has 0 unspecified atom stereocenters. The van der Waals surface area contributed by atoms with E-state index in [4.69, 9.17) is 10.8 Å². The van der Waals surface area contributed by atoms with E-state index in [9.17, 15) is 0 Å². The Bertz CT molecular complexity index is 314. The third kappa shape index (κ3) is 1.68. The zero-order chi connectivity index (χ0) is 9.97. The van der Waals surface area contributed by atoms with Crippen molar-refractivity contribution in [3.05, 3.63) is 24.3 Å². The van der Waals surface area contributed by atoms with Crippen LogP contribution in [0.3, 0.4) is 0 Å². The number of para-hydroxylation sites is 2. The van der Waals surface area contributed by atoms with Crippen molar-refractivity contribution in [1.29, 1.82) is 0 Å². The van der Waals surface area contributed by atoms with E-state index in [1.165, 1.54) is 0 Å². The summed E-state index contributed by atoms with van der Waals surface area (Å²) in [6, 6.07) is 7.90. The number of nitrogen functional groups attached to an aromatic ring is 1. The Morgan fingerprint density at radius 3 is 2.86 bits per heavy atom. The third-order valence-electron chi connectivity index (χ3n) is 2.82. The molecule has 1 atom stereocenters. The van der Waals surface area contributed by atoms with Crippen molar-refractivity contribution in [2.24, 2.45) is 5.92 Å². The quantitative estimate of drug-likeness (QED) is 0.689. The third-order valence-corrected chi connectivity index (χ3v) is 2.82. The normalized spacial score (nSPS) is 21.5. The lowest BCUT2D eigenvalue weighted by Crippen LogP contribution is -2.21. The van der Waals surface area contributed by atoms with Gasteiger partial charge in [-0.25, -0.2) is 0 Å². The molecule has 0 aliphatic carbocycles. The first-order valence-electron chi connectivity index (χ1n) is 5.01. The fraction of sp³-hybridized carbons (Fsp3) is 0.455. The predicted octanol–water partition coefficient (Wildman–Crippen LogP) is 1.09. The zero-order valence-corrected chi connectivity index (χ0v) is 8.19. The summed E-state index contributed by atoms with van der Waals surface area (Å²) in [5.74, 6) is 0.412. The SMILES string of the molecule is Nc1ccccc1N1CC[C@H](CO)C1. The second-order valence-electron chi connectivity index (χ2n) is 3.84. The second kappa shape index (κ2) is 3.88. The molecule has 0 radical (unpaired) electrons. The molecule has 1 aliphatic rings. The highest BCUT2D eigenvalue weighted by atomic mass is 16.3. The van der Waals surface area contributed by atoms with E-state index in [2.05, 4.69) is 4.90 Å². The molecule has 0 bridgehead atoms. The highest BCUT2D eigenvalue weighted by Gasteiger charge is 2.22. The van der Waals surface area contributed by atoms with Crippen LogP contribution in [0.4, 0.5) is 11.4 Å². The van der Waals surface area contributed by atoms with Gasteiger partial charge in [0, 0.05) is 25.6 Å². The van der Waals surface area contributed by atoms with E-state index in [1.54, 1.807) is 0 Å². The molecule has 1 aliphatic heterocycles. The Morgan fingerprint density at radius 2 is 2.21 bits per heavy atom. The lowest BCUT2D eigenvalue weighted by molar-refractivity contribution is 0.238. The van der Waals surface area contributed by atoms with Crippen molar-refractivity contribution in [2.45, 2.75) is 6.42 Å². The first-order valence-corrected chi connectivity index (χ1v) is 5.01. The van der Waals surface area contributed by atoms with Crippen LogP contribution in [0, 0.1) is 5.92 Å². The molecule has 3 N–H and O–H groups in total. The summed E-state index contributed by atoms with van der Waals surface area (Å²) in [6.45, 7) is 2.20. The van der Waals surface area contributed by atoms with Gasteiger partial charge in [-0.2, -0.15) is 0 Å². The van der Waals surface area contributed by atoms with Gasteiger partial charge in [0.1, 0.15) is 0 Å². The summed E-state index contributed by atoms with van der Waals surface area (Å²) in [7, 11) is 0. The van der Waals surface area contributed by atoms with Crippen LogP contribution in [0.1, 0.15) is 6.42 Å². The van der Waals surface area contributed by atoms with E-state index in [0.717, 1.165) is 30.9 Å². The van der Waals surface area contributed by atoms with Gasteiger partial charge in [-0.15, -0.1) is 0 Å². The first kappa shape index (κ1) is 9.34. The summed E-state index contributed by atoms with van der Waals surface area (Å²) in [5, 5.41) is 9.04. The van der Waals surface area contributed by atoms with Crippen molar-refractivity contribution in [2.75, 3.05) is 30.3 Å². The van der Waals surface area contributed by atoms with Crippen molar-refractivity contribution in [3.63, 3.8) is 0 Å². The van der Waals surface area contributed by atoms with Crippen LogP contribution in [-0.2, 0) is 0 Å². The summed E-state index contributed by atoms with van der Waals surface area (Å²) >= 11 is 0. The van der Waals surface area contributed by atoms with Gasteiger partial charge < -0.3 is 15.7 Å². The molecule has 14 heavy (non-hydrogen) atoms. The summed E-state index contributed by atoms with van der Waals surface area (Å²) < 4.78 is 0. The van der Waals surface area contributed by atoms with E-state index in [0.29, 0.717) is 5.92 Å². The average Bonchev–Trinajstić information content (AvgIpc) is 2.67. The Morgan fingerprint density at radius 1 is 1.43 bits per heavy atom. The van der Waals surface area contributed by atoms with Crippen molar-refractivity contribution < 1.29 is 5.11 Å². The van der Waals surface area contributed by atoms with Gasteiger partial charge in [0.15, 0.2) is 0 Å². The van der Waals surface area contributed by atoms with Crippen LogP contribution in [0.25, 0.3) is 0 Å². The molecule has 2 rings (SSSR count). The van der Waals surface area contributed by atoms with Gasteiger partial charge in [0.25, 0.3) is 0 Å². The number of rotatable bonds is 2. The molecule has 0 spiro atoms. The van der Waals surface area contributed by atoms with Gasteiger partial charge >= 0.3 is 0 Å². The number of benzene rings is 1. The molecule has 1 aromatic carbocycles. The molecule has 0 aromatic heterocycles. The Balaban J connectivity index is 2.13. The Labute approximate surface area is 84.1 Å². The maximum atomic E-state index is 9.04. The van der Waals surface area contributed by atoms with Gasteiger partial charge in [0.05, 0.1) is 11.4 Å². The smallest absolute Gasteiger partial charge is 0.0600 e. The summed E-state index contributed by atoms with van der Waals surface area (Å²) in [5.41, 5.74) is 7.81. The fourth-order valence-corrected chi connectivity index (χ4v) is 1.98. The van der Waals surface area contributed by atoms with Gasteiger partial charge in [-0.05, 0) is 18.6 Å². The lowest BCUT2D eigenvalue weighted by atomic mass is 10.1. The van der Waals surface area contributed by atoms with E-state index in [1.807, 2.05) is 24.3 Å². The minimum Gasteiger partial charge on any atom is -0.397 e. The number of anilines is 2. The van der Waals surface area contributed by atoms with Crippen LogP contribution < -0.4 is 10.6 Å². The maximum absolute atomic E-state index is 9.04. The molecular weight excluding hydrogens is 176 g/mol. The molecular formula is C11H16N2O. The maximum Gasteiger partial charge on any atom is 0.0600 e. The highest BCUT2D eigenvalue weighted by Crippen LogP contribution is 2.27. The largest absolute Gasteiger partial charge is 0.397 e. The number of nitrogens with two attached hydrogens (primary N) is 1. The van der Waals surface area contributed by atoms with E-state index < -0.39 is 0 Å². The molecule has 3 nitrogen and oxygen atoms in total. The molecule has 76 valence electrons. The number of aliphatic hydroxyl groups excluding tert-OH is 1. The lowest BCUT2D eigenvalue weighted by Gasteiger charge is -2.20. The molecule has 0 amide bonds. The van der Waals surface area contributed by atoms with Crippen LogP contribution >= 0.6 is 0 Å². The average molecular weight is 192 g/mol. The van der Waals surface area contributed by atoms with Crippen LogP contribution in [-0.4, -0.2) is 24.8 Å². The number of hydrogen-bond donors (Lipinski definition) is 2. The molecule has 1 aromatic rings. The molecule has 0 saturated carbocycles. The summed E-state index contributed by atoms with van der Waals surface area (Å²) in [6.07, 6.45) is 1.06. The van der Waals surface area contributed by atoms with E-state index in [-0.39, 0.29) is 6.61 Å². The number of nitrogens with zero attached hydrogens (tertiary/aromatic N) is 1. The topological polar surface area (TPSA) is 49.5 Å². The number of aliphatic hydroxyl groups is 1. The van der Waals surface area contributed by atoms with Crippen LogP contribution in [0.15, 0.2) is 24.3 Å². The molecule has 1 heterocycles. The van der Waals surface area contributed by atoms with Gasteiger partial charge in [-0.3, -0.25) is 0 Å². The Kier molecular flexibility index (Phi) is 2.59. The molecule has 1 fully saturated rings. The minimum absolute atomic E-state index is 0.281. The number of hydrogen-bond acceptors (Lipinski definition) is 3. The predicted molar refractivity (Wildman–Crippen MR) is 58.3 cm³/mol. The first-order chi connectivity index (χ1) is 6.81. The van der Waals surface area contributed by atoms with Crippen molar-refractivity contribution >= 4 is 11.4 Å². The molecule has 3 heteroatoms. The highest BCUT2D eigenvalue weighted by molar-refractivity contribution is 5.67. The standard InChI is InChI=1S/C11H16N2O/c12-10-3-1-2-4-11(10)13-6-5-9(7-13)8-14/h1-4,9,14H,5-8,12H2/t9-/m0/s1. The van der Waals surface area contributed by atoms with Gasteiger partial charge in [-0.1, -0.05) is 12.1 Å².